The maximum absolute atomic E-state index is 12.9. The molecular formula is C22H27NO2. The summed E-state index contributed by atoms with van der Waals surface area (Å²) >= 11 is 0. The standard InChI is InChI=1S/C22H27NO2/c1-21(2)13-17(24)19(18(25)14-21)20-16-9-5-4-8-15(16)12-22(23-20)10-6-3-7-11-22/h4-5,8-9,24H,3,6-7,10-14H2,1-2H3. The van der Waals surface area contributed by atoms with Gasteiger partial charge in [-0.1, -0.05) is 57.4 Å². The van der Waals surface area contributed by atoms with Gasteiger partial charge < -0.3 is 5.11 Å². The van der Waals surface area contributed by atoms with Crippen LogP contribution in [-0.4, -0.2) is 22.1 Å². The van der Waals surface area contributed by atoms with E-state index in [9.17, 15) is 9.90 Å². The van der Waals surface area contributed by atoms with E-state index in [0.717, 1.165) is 30.5 Å². The number of hydrogen-bond donors (Lipinski definition) is 1. The quantitative estimate of drug-likeness (QED) is 0.789. The van der Waals surface area contributed by atoms with Gasteiger partial charge in [0.1, 0.15) is 5.76 Å². The van der Waals surface area contributed by atoms with E-state index >= 15 is 0 Å². The molecule has 0 saturated heterocycles. The predicted molar refractivity (Wildman–Crippen MR) is 100 cm³/mol. The lowest BCUT2D eigenvalue weighted by atomic mass is 9.71. The Morgan fingerprint density at radius 3 is 2.44 bits per heavy atom. The fourth-order valence-corrected chi connectivity index (χ4v) is 4.84. The zero-order chi connectivity index (χ0) is 17.7. The number of carbonyl (C=O) groups is 1. The number of allylic oxidation sites excluding steroid dienone is 2. The summed E-state index contributed by atoms with van der Waals surface area (Å²) in [5.41, 5.74) is 3.28. The highest BCUT2D eigenvalue weighted by molar-refractivity contribution is 6.30. The van der Waals surface area contributed by atoms with Gasteiger partial charge in [-0.2, -0.15) is 0 Å². The van der Waals surface area contributed by atoms with Crippen molar-refractivity contribution in [1.82, 2.24) is 0 Å². The molecule has 1 N–H and O–H groups in total. The molecule has 1 fully saturated rings. The molecule has 0 amide bonds. The van der Waals surface area contributed by atoms with Crippen molar-refractivity contribution in [3.05, 3.63) is 46.7 Å². The lowest BCUT2D eigenvalue weighted by molar-refractivity contribution is -0.117. The van der Waals surface area contributed by atoms with Gasteiger partial charge in [0.2, 0.25) is 0 Å². The van der Waals surface area contributed by atoms with Crippen molar-refractivity contribution < 1.29 is 9.90 Å². The van der Waals surface area contributed by atoms with Gasteiger partial charge in [-0.3, -0.25) is 9.79 Å². The summed E-state index contributed by atoms with van der Waals surface area (Å²) in [6.45, 7) is 4.08. The van der Waals surface area contributed by atoms with Crippen LogP contribution < -0.4 is 0 Å². The normalized spacial score (nSPS) is 24.9. The number of fused-ring (bicyclic) bond motifs is 1. The van der Waals surface area contributed by atoms with Crippen LogP contribution in [0, 0.1) is 5.41 Å². The van der Waals surface area contributed by atoms with Crippen LogP contribution in [0.4, 0.5) is 0 Å². The lowest BCUT2D eigenvalue weighted by Crippen LogP contribution is -2.39. The van der Waals surface area contributed by atoms with E-state index in [2.05, 4.69) is 18.2 Å². The fourth-order valence-electron chi connectivity index (χ4n) is 4.84. The van der Waals surface area contributed by atoms with E-state index in [4.69, 9.17) is 4.99 Å². The fraction of sp³-hybridized carbons (Fsp3) is 0.545. The molecule has 3 heteroatoms. The second-order valence-electron chi connectivity index (χ2n) is 8.84. The van der Waals surface area contributed by atoms with Crippen LogP contribution in [0.2, 0.25) is 0 Å². The third kappa shape index (κ3) is 2.94. The van der Waals surface area contributed by atoms with Gasteiger partial charge in [0.15, 0.2) is 5.78 Å². The van der Waals surface area contributed by atoms with Crippen LogP contribution in [0.15, 0.2) is 40.6 Å². The van der Waals surface area contributed by atoms with E-state index < -0.39 is 0 Å². The number of aliphatic hydroxyl groups is 1. The summed E-state index contributed by atoms with van der Waals surface area (Å²) in [5.74, 6) is 0.262. The molecule has 1 aliphatic heterocycles. The zero-order valence-electron chi connectivity index (χ0n) is 15.3. The maximum Gasteiger partial charge on any atom is 0.168 e. The third-order valence-corrected chi connectivity index (χ3v) is 6.01. The average Bonchev–Trinajstić information content (AvgIpc) is 2.53. The molecule has 132 valence electrons. The van der Waals surface area contributed by atoms with Crippen molar-refractivity contribution in [2.45, 2.75) is 70.8 Å². The summed E-state index contributed by atoms with van der Waals surface area (Å²) < 4.78 is 0. The minimum Gasteiger partial charge on any atom is -0.511 e. The third-order valence-electron chi connectivity index (χ3n) is 6.01. The molecule has 1 saturated carbocycles. The number of ketones is 1. The number of rotatable bonds is 1. The van der Waals surface area contributed by atoms with Gasteiger partial charge in [-0.25, -0.2) is 0 Å². The topological polar surface area (TPSA) is 49.7 Å². The summed E-state index contributed by atoms with van der Waals surface area (Å²) in [4.78, 5) is 18.1. The largest absolute Gasteiger partial charge is 0.511 e. The molecule has 0 bridgehead atoms. The molecule has 0 atom stereocenters. The Labute approximate surface area is 149 Å². The molecule has 2 aliphatic carbocycles. The smallest absolute Gasteiger partial charge is 0.168 e. The minimum atomic E-state index is -0.179. The van der Waals surface area contributed by atoms with E-state index in [1.54, 1.807) is 0 Å². The monoisotopic (exact) mass is 337 g/mol. The van der Waals surface area contributed by atoms with Crippen molar-refractivity contribution in [3.8, 4) is 0 Å². The van der Waals surface area contributed by atoms with Gasteiger partial charge in [0.05, 0.1) is 16.8 Å². The molecule has 0 aromatic heterocycles. The van der Waals surface area contributed by atoms with Gasteiger partial charge >= 0.3 is 0 Å². The Hall–Kier alpha value is -1.90. The molecule has 3 nitrogen and oxygen atoms in total. The van der Waals surface area contributed by atoms with Gasteiger partial charge in [-0.15, -0.1) is 0 Å². The Morgan fingerprint density at radius 2 is 1.72 bits per heavy atom. The van der Waals surface area contributed by atoms with E-state index in [1.165, 1.54) is 24.8 Å². The van der Waals surface area contributed by atoms with Gasteiger partial charge in [-0.05, 0) is 30.2 Å². The number of benzene rings is 1. The Balaban J connectivity index is 1.87. The van der Waals surface area contributed by atoms with Crippen molar-refractivity contribution in [2.75, 3.05) is 0 Å². The maximum atomic E-state index is 12.9. The van der Waals surface area contributed by atoms with Crippen LogP contribution in [0.1, 0.15) is 69.9 Å². The first-order valence-corrected chi connectivity index (χ1v) is 9.53. The van der Waals surface area contributed by atoms with Crippen LogP contribution in [0.3, 0.4) is 0 Å². The zero-order valence-corrected chi connectivity index (χ0v) is 15.3. The van der Waals surface area contributed by atoms with Crippen LogP contribution in [0.25, 0.3) is 0 Å². The number of carbonyl (C=O) groups excluding carboxylic acids is 1. The highest BCUT2D eigenvalue weighted by Gasteiger charge is 2.41. The summed E-state index contributed by atoms with van der Waals surface area (Å²) in [5, 5.41) is 10.7. The van der Waals surface area contributed by atoms with Crippen molar-refractivity contribution in [2.24, 2.45) is 10.4 Å². The van der Waals surface area contributed by atoms with E-state index in [1.807, 2.05) is 19.9 Å². The predicted octanol–water partition coefficient (Wildman–Crippen LogP) is 4.94. The Bertz CT molecular complexity index is 779. The van der Waals surface area contributed by atoms with Gasteiger partial charge in [0.25, 0.3) is 0 Å². The second-order valence-corrected chi connectivity index (χ2v) is 8.84. The first-order valence-electron chi connectivity index (χ1n) is 9.53. The lowest BCUT2D eigenvalue weighted by Gasteiger charge is -2.39. The van der Waals surface area contributed by atoms with Crippen LogP contribution in [-0.2, 0) is 11.2 Å². The minimum absolute atomic E-state index is 0.0372. The number of hydrogen-bond acceptors (Lipinski definition) is 3. The molecule has 1 aromatic rings. The molecule has 1 heterocycles. The number of nitrogens with zero attached hydrogens (tertiary/aromatic N) is 1. The molecular weight excluding hydrogens is 310 g/mol. The first kappa shape index (κ1) is 16.6. The second kappa shape index (κ2) is 5.82. The van der Waals surface area contributed by atoms with E-state index in [0.29, 0.717) is 18.4 Å². The molecule has 0 radical (unpaired) electrons. The summed E-state index contributed by atoms with van der Waals surface area (Å²) in [6.07, 6.45) is 7.81. The van der Waals surface area contributed by atoms with Crippen molar-refractivity contribution >= 4 is 11.5 Å². The SMILES string of the molecule is CC1(C)CC(=O)C(C2=NC3(CCCCC3)Cc3ccccc32)=C(O)C1. The number of aliphatic imine (C=N–C) groups is 1. The van der Waals surface area contributed by atoms with E-state index in [-0.39, 0.29) is 22.5 Å². The number of Topliss-reactive ketones (excluding diaryl/α,β-unsaturated/α-hetero) is 1. The number of aliphatic hydroxyl groups excluding tert-OH is 1. The summed E-state index contributed by atoms with van der Waals surface area (Å²) in [7, 11) is 0. The van der Waals surface area contributed by atoms with Crippen molar-refractivity contribution in [1.29, 1.82) is 0 Å². The molecule has 4 rings (SSSR count). The van der Waals surface area contributed by atoms with Crippen LogP contribution in [0.5, 0.6) is 0 Å². The molecule has 1 spiro atoms. The molecule has 0 unspecified atom stereocenters. The highest BCUT2D eigenvalue weighted by Crippen LogP contribution is 2.42. The molecule has 1 aromatic carbocycles. The Kier molecular flexibility index (Phi) is 3.86. The van der Waals surface area contributed by atoms with Crippen molar-refractivity contribution in [3.63, 3.8) is 0 Å². The van der Waals surface area contributed by atoms with Crippen LogP contribution >= 0.6 is 0 Å². The highest BCUT2D eigenvalue weighted by atomic mass is 16.3. The first-order chi connectivity index (χ1) is 11.9. The summed E-state index contributed by atoms with van der Waals surface area (Å²) in [6, 6.07) is 8.28. The van der Waals surface area contributed by atoms with Gasteiger partial charge in [0, 0.05) is 18.4 Å². The molecule has 25 heavy (non-hydrogen) atoms. The average molecular weight is 337 g/mol. The molecule has 3 aliphatic rings. The Morgan fingerprint density at radius 1 is 1.00 bits per heavy atom.